The maximum Gasteiger partial charge on any atom is 0.350 e. The first-order chi connectivity index (χ1) is 9.71. The standard InChI is InChI=1S/C13H10Cl2FNO4/c1-13(2)20-11(18)6(12(19)21-13)5-17-10-8(16)4-3-7(14)9(10)15/h3-5,17H,1-2H3. The molecule has 0 amide bonds. The van der Waals surface area contributed by atoms with E-state index < -0.39 is 29.1 Å². The number of halogens is 3. The predicted octanol–water partition coefficient (Wildman–Crippen LogP) is 3.26. The Morgan fingerprint density at radius 2 is 1.76 bits per heavy atom. The normalized spacial score (nSPS) is 17.1. The van der Waals surface area contributed by atoms with Crippen molar-refractivity contribution in [3.8, 4) is 0 Å². The summed E-state index contributed by atoms with van der Waals surface area (Å²) in [4.78, 5) is 23.4. The van der Waals surface area contributed by atoms with Gasteiger partial charge < -0.3 is 14.8 Å². The van der Waals surface area contributed by atoms with Gasteiger partial charge in [-0.05, 0) is 12.1 Å². The molecule has 1 aliphatic heterocycles. The molecule has 112 valence electrons. The summed E-state index contributed by atoms with van der Waals surface area (Å²) >= 11 is 11.6. The van der Waals surface area contributed by atoms with Gasteiger partial charge in [-0.2, -0.15) is 0 Å². The number of carbonyl (C=O) groups excluding carboxylic acids is 2. The van der Waals surface area contributed by atoms with E-state index in [1.165, 1.54) is 19.9 Å². The van der Waals surface area contributed by atoms with Crippen molar-refractivity contribution in [1.29, 1.82) is 0 Å². The Morgan fingerprint density at radius 1 is 1.19 bits per heavy atom. The van der Waals surface area contributed by atoms with Crippen molar-refractivity contribution in [3.05, 3.63) is 39.8 Å². The van der Waals surface area contributed by atoms with Gasteiger partial charge in [-0.1, -0.05) is 23.2 Å². The fourth-order valence-electron chi connectivity index (χ4n) is 1.58. The monoisotopic (exact) mass is 333 g/mol. The zero-order valence-electron chi connectivity index (χ0n) is 11.0. The first-order valence-corrected chi connectivity index (χ1v) is 6.54. The Balaban J connectivity index is 2.28. The minimum atomic E-state index is -1.34. The molecule has 0 unspecified atom stereocenters. The van der Waals surface area contributed by atoms with Crippen LogP contribution in [0.1, 0.15) is 13.8 Å². The molecule has 1 N–H and O–H groups in total. The molecule has 1 aromatic rings. The number of nitrogens with one attached hydrogen (secondary N) is 1. The zero-order valence-corrected chi connectivity index (χ0v) is 12.5. The van der Waals surface area contributed by atoms with Crippen LogP contribution in [0.25, 0.3) is 0 Å². The number of rotatable bonds is 2. The second-order valence-corrected chi connectivity index (χ2v) is 5.38. The molecular formula is C13H10Cl2FNO4. The van der Waals surface area contributed by atoms with Gasteiger partial charge in [0.15, 0.2) is 5.57 Å². The molecule has 1 aliphatic rings. The molecule has 0 aliphatic carbocycles. The SMILES string of the molecule is CC1(C)OC(=O)C(=CNc2c(F)ccc(Cl)c2Cl)C(=O)O1. The summed E-state index contributed by atoms with van der Waals surface area (Å²) in [5, 5.41) is 2.47. The largest absolute Gasteiger partial charge is 0.419 e. The fraction of sp³-hybridized carbons (Fsp3) is 0.231. The molecule has 2 rings (SSSR count). The van der Waals surface area contributed by atoms with Gasteiger partial charge in [0, 0.05) is 20.0 Å². The van der Waals surface area contributed by atoms with Crippen molar-refractivity contribution in [2.75, 3.05) is 5.32 Å². The predicted molar refractivity (Wildman–Crippen MR) is 74.4 cm³/mol. The summed E-state index contributed by atoms with van der Waals surface area (Å²) in [7, 11) is 0. The van der Waals surface area contributed by atoms with E-state index >= 15 is 0 Å². The molecule has 8 heteroatoms. The van der Waals surface area contributed by atoms with Gasteiger partial charge in [0.25, 0.3) is 5.79 Å². The van der Waals surface area contributed by atoms with E-state index in [1.54, 1.807) is 0 Å². The van der Waals surface area contributed by atoms with Gasteiger partial charge in [-0.3, -0.25) is 0 Å². The minimum Gasteiger partial charge on any atom is -0.419 e. The molecule has 1 saturated heterocycles. The van der Waals surface area contributed by atoms with Gasteiger partial charge >= 0.3 is 11.9 Å². The highest BCUT2D eigenvalue weighted by Crippen LogP contribution is 2.32. The summed E-state index contributed by atoms with van der Waals surface area (Å²) in [5.74, 6) is -3.81. The Morgan fingerprint density at radius 3 is 2.33 bits per heavy atom. The highest BCUT2D eigenvalue weighted by molar-refractivity contribution is 6.43. The Labute approximate surface area is 129 Å². The molecule has 0 saturated carbocycles. The Bertz CT molecular complexity index is 636. The van der Waals surface area contributed by atoms with Gasteiger partial charge in [-0.25, -0.2) is 14.0 Å². The first-order valence-electron chi connectivity index (χ1n) is 5.78. The number of carbonyl (C=O) groups is 2. The molecule has 0 radical (unpaired) electrons. The zero-order chi connectivity index (χ0) is 15.8. The van der Waals surface area contributed by atoms with Crippen LogP contribution < -0.4 is 5.32 Å². The summed E-state index contributed by atoms with van der Waals surface area (Å²) in [6, 6.07) is 2.37. The molecule has 21 heavy (non-hydrogen) atoms. The van der Waals surface area contributed by atoms with Gasteiger partial charge in [-0.15, -0.1) is 0 Å². The lowest BCUT2D eigenvalue weighted by Gasteiger charge is -2.29. The van der Waals surface area contributed by atoms with Gasteiger partial charge in [0.2, 0.25) is 0 Å². The topological polar surface area (TPSA) is 64.6 Å². The fourth-order valence-corrected chi connectivity index (χ4v) is 1.95. The number of anilines is 1. The number of cyclic esters (lactones) is 2. The molecule has 1 fully saturated rings. The lowest BCUT2D eigenvalue weighted by atomic mass is 10.2. The number of hydrogen-bond acceptors (Lipinski definition) is 5. The second-order valence-electron chi connectivity index (χ2n) is 4.60. The first kappa shape index (κ1) is 15.6. The van der Waals surface area contributed by atoms with Gasteiger partial charge in [0.1, 0.15) is 5.82 Å². The Kier molecular flexibility index (Phi) is 4.11. The van der Waals surface area contributed by atoms with Crippen molar-refractivity contribution in [2.45, 2.75) is 19.6 Å². The third-order valence-electron chi connectivity index (χ3n) is 2.52. The van der Waals surface area contributed by atoms with Crippen LogP contribution in [0, 0.1) is 5.82 Å². The molecular weight excluding hydrogens is 324 g/mol. The molecule has 5 nitrogen and oxygen atoms in total. The van der Waals surface area contributed by atoms with E-state index in [1.807, 2.05) is 0 Å². The second kappa shape index (κ2) is 5.54. The van der Waals surface area contributed by atoms with Crippen LogP contribution in [0.5, 0.6) is 0 Å². The van der Waals surface area contributed by atoms with Crippen molar-refractivity contribution in [2.24, 2.45) is 0 Å². The van der Waals surface area contributed by atoms with Gasteiger partial charge in [0.05, 0.1) is 15.7 Å². The van der Waals surface area contributed by atoms with Crippen LogP contribution in [-0.2, 0) is 19.1 Å². The maximum absolute atomic E-state index is 13.6. The summed E-state index contributed by atoms with van der Waals surface area (Å²) < 4.78 is 23.4. The van der Waals surface area contributed by atoms with E-state index in [-0.39, 0.29) is 15.7 Å². The highest BCUT2D eigenvalue weighted by atomic mass is 35.5. The minimum absolute atomic E-state index is 0.0774. The lowest BCUT2D eigenvalue weighted by Crippen LogP contribution is -2.42. The molecule has 0 spiro atoms. The highest BCUT2D eigenvalue weighted by Gasteiger charge is 2.39. The average Bonchev–Trinajstić information content (AvgIpc) is 2.35. The number of esters is 2. The summed E-state index contributed by atoms with van der Waals surface area (Å²) in [5.41, 5.74) is -0.577. The maximum atomic E-state index is 13.6. The third kappa shape index (κ3) is 3.28. The van der Waals surface area contributed by atoms with Crippen LogP contribution in [-0.4, -0.2) is 17.7 Å². The molecule has 0 aromatic heterocycles. The van der Waals surface area contributed by atoms with E-state index in [9.17, 15) is 14.0 Å². The van der Waals surface area contributed by atoms with Crippen LogP contribution in [0.15, 0.2) is 23.9 Å². The van der Waals surface area contributed by atoms with Crippen LogP contribution in [0.3, 0.4) is 0 Å². The van der Waals surface area contributed by atoms with E-state index in [0.29, 0.717) is 0 Å². The number of hydrogen-bond donors (Lipinski definition) is 1. The molecule has 0 bridgehead atoms. The third-order valence-corrected chi connectivity index (χ3v) is 3.33. The van der Waals surface area contributed by atoms with E-state index in [0.717, 1.165) is 12.3 Å². The quantitative estimate of drug-likeness (QED) is 0.389. The lowest BCUT2D eigenvalue weighted by molar-refractivity contribution is -0.222. The number of ether oxygens (including phenoxy) is 2. The number of benzene rings is 1. The van der Waals surface area contributed by atoms with Crippen LogP contribution >= 0.6 is 23.2 Å². The Hall–Kier alpha value is -1.79. The molecule has 0 atom stereocenters. The van der Waals surface area contributed by atoms with Crippen molar-refractivity contribution < 1.29 is 23.5 Å². The van der Waals surface area contributed by atoms with Crippen molar-refractivity contribution in [1.82, 2.24) is 0 Å². The smallest absolute Gasteiger partial charge is 0.350 e. The van der Waals surface area contributed by atoms with E-state index in [2.05, 4.69) is 5.32 Å². The van der Waals surface area contributed by atoms with Crippen molar-refractivity contribution >= 4 is 40.8 Å². The van der Waals surface area contributed by atoms with Crippen LogP contribution in [0.2, 0.25) is 10.0 Å². The summed E-state index contributed by atoms with van der Waals surface area (Å²) in [6.45, 7) is 2.83. The summed E-state index contributed by atoms with van der Waals surface area (Å²) in [6.07, 6.45) is 0.959. The molecule has 1 heterocycles. The molecule has 1 aromatic carbocycles. The van der Waals surface area contributed by atoms with Crippen LogP contribution in [0.4, 0.5) is 10.1 Å². The van der Waals surface area contributed by atoms with E-state index in [4.69, 9.17) is 32.7 Å². The average molecular weight is 334 g/mol. The van der Waals surface area contributed by atoms with Crippen molar-refractivity contribution in [3.63, 3.8) is 0 Å².